The summed E-state index contributed by atoms with van der Waals surface area (Å²) in [5.74, 6) is 1.92. The summed E-state index contributed by atoms with van der Waals surface area (Å²) in [6.07, 6.45) is 1.73. The van der Waals surface area contributed by atoms with Gasteiger partial charge in [-0.3, -0.25) is 4.79 Å². The summed E-state index contributed by atoms with van der Waals surface area (Å²) < 4.78 is 5.59. The average molecular weight is 320 g/mol. The van der Waals surface area contributed by atoms with Crippen LogP contribution in [0.15, 0.2) is 16.5 Å². The van der Waals surface area contributed by atoms with Crippen molar-refractivity contribution in [3.8, 4) is 10.8 Å². The molecule has 0 radical (unpaired) electrons. The third-order valence-corrected chi connectivity index (χ3v) is 5.26. The molecule has 3 rings (SSSR count). The molecule has 0 spiro atoms. The molecule has 22 heavy (non-hydrogen) atoms. The van der Waals surface area contributed by atoms with Gasteiger partial charge in [-0.15, -0.1) is 11.3 Å². The number of likely N-dealkylation sites (tertiary alicyclic amines) is 1. The Morgan fingerprint density at radius 3 is 2.73 bits per heavy atom. The van der Waals surface area contributed by atoms with Crippen LogP contribution in [0.1, 0.15) is 34.0 Å². The number of amides is 1. The van der Waals surface area contributed by atoms with E-state index in [9.17, 15) is 9.90 Å². The number of piperidine rings is 1. The largest absolute Gasteiger partial charge is 0.459 e. The van der Waals surface area contributed by atoms with Gasteiger partial charge in [0.25, 0.3) is 5.91 Å². The van der Waals surface area contributed by atoms with Crippen molar-refractivity contribution in [2.45, 2.75) is 26.7 Å². The zero-order valence-electron chi connectivity index (χ0n) is 12.8. The lowest BCUT2D eigenvalue weighted by atomic mass is 9.98. The van der Waals surface area contributed by atoms with Gasteiger partial charge in [0, 0.05) is 19.7 Å². The van der Waals surface area contributed by atoms with Crippen LogP contribution in [0, 0.1) is 19.8 Å². The topological polar surface area (TPSA) is 66.6 Å². The van der Waals surface area contributed by atoms with Gasteiger partial charge in [-0.05, 0) is 44.7 Å². The SMILES string of the molecule is Cc1ccc(-c2nc(C)c(C(=O)N3CCC(CO)CC3)s2)o1. The normalized spacial score (nSPS) is 16.2. The standard InChI is InChI=1S/C16H20N2O3S/c1-10-3-4-13(21-10)15-17-11(2)14(22-15)16(20)18-7-5-12(9-19)6-8-18/h3-4,12,19H,5-9H2,1-2H3. The maximum absolute atomic E-state index is 12.7. The highest BCUT2D eigenvalue weighted by molar-refractivity contribution is 7.17. The van der Waals surface area contributed by atoms with Gasteiger partial charge in [-0.2, -0.15) is 0 Å². The van der Waals surface area contributed by atoms with Crippen LogP contribution < -0.4 is 0 Å². The van der Waals surface area contributed by atoms with Crippen LogP contribution in [-0.4, -0.2) is 40.6 Å². The van der Waals surface area contributed by atoms with Gasteiger partial charge in [0.05, 0.1) is 5.69 Å². The summed E-state index contributed by atoms with van der Waals surface area (Å²) in [5, 5.41) is 9.94. The first kappa shape index (κ1) is 15.2. The van der Waals surface area contributed by atoms with Crippen molar-refractivity contribution in [1.29, 1.82) is 0 Å². The Labute approximate surface area is 133 Å². The molecule has 3 heterocycles. The molecule has 1 N–H and O–H groups in total. The lowest BCUT2D eigenvalue weighted by Gasteiger charge is -2.30. The van der Waals surface area contributed by atoms with Crippen LogP contribution in [0.3, 0.4) is 0 Å². The minimum absolute atomic E-state index is 0.0425. The first-order chi connectivity index (χ1) is 10.6. The van der Waals surface area contributed by atoms with E-state index in [1.807, 2.05) is 30.9 Å². The van der Waals surface area contributed by atoms with Gasteiger partial charge >= 0.3 is 0 Å². The van der Waals surface area contributed by atoms with Gasteiger partial charge in [0.15, 0.2) is 10.8 Å². The number of nitrogens with zero attached hydrogens (tertiary/aromatic N) is 2. The van der Waals surface area contributed by atoms with E-state index < -0.39 is 0 Å². The third kappa shape index (κ3) is 2.94. The number of furan rings is 1. The highest BCUT2D eigenvalue weighted by Gasteiger charge is 2.26. The van der Waals surface area contributed by atoms with E-state index in [0.29, 0.717) is 29.6 Å². The first-order valence-electron chi connectivity index (χ1n) is 7.53. The lowest BCUT2D eigenvalue weighted by molar-refractivity contribution is 0.0654. The molecule has 1 saturated heterocycles. The van der Waals surface area contributed by atoms with Crippen LogP contribution in [0.25, 0.3) is 10.8 Å². The number of rotatable bonds is 3. The van der Waals surface area contributed by atoms with Crippen molar-refractivity contribution in [1.82, 2.24) is 9.88 Å². The second-order valence-electron chi connectivity index (χ2n) is 5.76. The van der Waals surface area contributed by atoms with Crippen LogP contribution in [0.4, 0.5) is 0 Å². The molecule has 1 aliphatic heterocycles. The number of aryl methyl sites for hydroxylation is 2. The van der Waals surface area contributed by atoms with Gasteiger partial charge in [0.1, 0.15) is 10.6 Å². The zero-order valence-corrected chi connectivity index (χ0v) is 13.7. The Balaban J connectivity index is 1.77. The molecule has 0 aromatic carbocycles. The smallest absolute Gasteiger partial charge is 0.265 e. The molecule has 0 bridgehead atoms. The second-order valence-corrected chi connectivity index (χ2v) is 6.76. The number of hydrogen-bond acceptors (Lipinski definition) is 5. The Hall–Kier alpha value is -1.66. The van der Waals surface area contributed by atoms with E-state index in [2.05, 4.69) is 4.98 Å². The Morgan fingerprint density at radius 1 is 1.41 bits per heavy atom. The molecule has 0 unspecified atom stereocenters. The summed E-state index contributed by atoms with van der Waals surface area (Å²) in [6, 6.07) is 3.78. The molecule has 2 aromatic heterocycles. The average Bonchev–Trinajstić information content (AvgIpc) is 3.12. The lowest BCUT2D eigenvalue weighted by Crippen LogP contribution is -2.39. The fourth-order valence-electron chi connectivity index (χ4n) is 2.71. The van der Waals surface area contributed by atoms with Crippen molar-refractivity contribution in [3.63, 3.8) is 0 Å². The molecule has 6 heteroatoms. The molecule has 1 fully saturated rings. The molecule has 0 saturated carbocycles. The van der Waals surface area contributed by atoms with Crippen LogP contribution in [0.2, 0.25) is 0 Å². The van der Waals surface area contributed by atoms with Crippen LogP contribution in [-0.2, 0) is 0 Å². The molecule has 0 atom stereocenters. The monoisotopic (exact) mass is 320 g/mol. The molecule has 2 aromatic rings. The van der Waals surface area contributed by atoms with Crippen molar-refractivity contribution >= 4 is 17.2 Å². The van der Waals surface area contributed by atoms with Crippen molar-refractivity contribution < 1.29 is 14.3 Å². The zero-order chi connectivity index (χ0) is 15.7. The fourth-order valence-corrected chi connectivity index (χ4v) is 3.71. The number of hydrogen-bond donors (Lipinski definition) is 1. The van der Waals surface area contributed by atoms with Gasteiger partial charge in [0.2, 0.25) is 0 Å². The molecule has 5 nitrogen and oxygen atoms in total. The number of carbonyl (C=O) groups is 1. The van der Waals surface area contributed by atoms with Crippen LogP contribution in [0.5, 0.6) is 0 Å². The number of thiazole rings is 1. The molecule has 118 valence electrons. The molecule has 1 aliphatic rings. The van der Waals surface area contributed by atoms with E-state index >= 15 is 0 Å². The quantitative estimate of drug-likeness (QED) is 0.944. The van der Waals surface area contributed by atoms with E-state index in [-0.39, 0.29) is 12.5 Å². The van der Waals surface area contributed by atoms with E-state index in [0.717, 1.165) is 29.3 Å². The molecular formula is C16H20N2O3S. The maximum Gasteiger partial charge on any atom is 0.265 e. The summed E-state index contributed by atoms with van der Waals surface area (Å²) in [4.78, 5) is 19.7. The van der Waals surface area contributed by atoms with E-state index in [4.69, 9.17) is 4.42 Å². The van der Waals surface area contributed by atoms with E-state index in [1.165, 1.54) is 11.3 Å². The van der Waals surface area contributed by atoms with E-state index in [1.54, 1.807) is 0 Å². The first-order valence-corrected chi connectivity index (χ1v) is 8.34. The maximum atomic E-state index is 12.7. The van der Waals surface area contributed by atoms with Gasteiger partial charge in [-0.1, -0.05) is 0 Å². The van der Waals surface area contributed by atoms with Crippen LogP contribution >= 0.6 is 11.3 Å². The Kier molecular flexibility index (Phi) is 4.31. The summed E-state index contributed by atoms with van der Waals surface area (Å²) in [5.41, 5.74) is 0.753. The number of carbonyl (C=O) groups excluding carboxylic acids is 1. The van der Waals surface area contributed by atoms with Gasteiger partial charge in [-0.25, -0.2) is 4.98 Å². The molecule has 1 amide bonds. The van der Waals surface area contributed by atoms with Crippen molar-refractivity contribution in [2.75, 3.05) is 19.7 Å². The minimum atomic E-state index is 0.0425. The number of aliphatic hydroxyl groups is 1. The second kappa shape index (κ2) is 6.22. The molecule has 0 aliphatic carbocycles. The van der Waals surface area contributed by atoms with Crippen molar-refractivity contribution in [2.24, 2.45) is 5.92 Å². The highest BCUT2D eigenvalue weighted by atomic mass is 32.1. The fraction of sp³-hybridized carbons (Fsp3) is 0.500. The summed E-state index contributed by atoms with van der Waals surface area (Å²) in [6.45, 7) is 5.38. The summed E-state index contributed by atoms with van der Waals surface area (Å²) >= 11 is 1.39. The highest BCUT2D eigenvalue weighted by Crippen LogP contribution is 2.30. The van der Waals surface area contributed by atoms with Crippen molar-refractivity contribution in [3.05, 3.63) is 28.5 Å². The predicted molar refractivity (Wildman–Crippen MR) is 85.0 cm³/mol. The number of aliphatic hydroxyl groups excluding tert-OH is 1. The minimum Gasteiger partial charge on any atom is -0.459 e. The Bertz CT molecular complexity index is 669. The van der Waals surface area contributed by atoms with Gasteiger partial charge < -0.3 is 14.4 Å². The summed E-state index contributed by atoms with van der Waals surface area (Å²) in [7, 11) is 0. The predicted octanol–water partition coefficient (Wildman–Crippen LogP) is 2.86. The third-order valence-electron chi connectivity index (χ3n) is 4.10. The molecular weight excluding hydrogens is 300 g/mol. The Morgan fingerprint density at radius 2 is 2.14 bits per heavy atom. The number of aromatic nitrogens is 1.